The number of sulfonamides is 1. The quantitative estimate of drug-likeness (QED) is 0.772. The van der Waals surface area contributed by atoms with Gasteiger partial charge in [0.1, 0.15) is 4.90 Å². The van der Waals surface area contributed by atoms with Crippen LogP contribution in [-0.4, -0.2) is 69.7 Å². The second-order valence-electron chi connectivity index (χ2n) is 6.52. The number of aromatic nitrogens is 2. The molecule has 0 spiro atoms. The summed E-state index contributed by atoms with van der Waals surface area (Å²) in [7, 11) is -2.39. The van der Waals surface area contributed by atoms with E-state index in [4.69, 9.17) is 0 Å². The van der Waals surface area contributed by atoms with Gasteiger partial charge in [0.15, 0.2) is 0 Å². The molecule has 27 heavy (non-hydrogen) atoms. The summed E-state index contributed by atoms with van der Waals surface area (Å²) in [6, 6.07) is 0. The topological polar surface area (TPSA) is 108 Å². The van der Waals surface area contributed by atoms with Crippen LogP contribution in [0, 0.1) is 5.92 Å². The molecular formula is C14H18F3N5O4S. The third-order valence-electron chi connectivity index (χ3n) is 4.64. The fourth-order valence-corrected chi connectivity index (χ4v) is 4.63. The first-order chi connectivity index (χ1) is 12.5. The van der Waals surface area contributed by atoms with E-state index in [0.717, 1.165) is 16.7 Å². The van der Waals surface area contributed by atoms with Crippen molar-refractivity contribution < 1.29 is 31.5 Å². The van der Waals surface area contributed by atoms with Gasteiger partial charge in [0.05, 0.1) is 12.1 Å². The SMILES string of the molecule is Cn1cc(S(=O)(=O)N2CCC[C@@H](C(=O)N3N=CC[C@]3(O)C(F)(F)F)C2)cn1. The number of alkyl halides is 3. The zero-order valence-corrected chi connectivity index (χ0v) is 15.1. The van der Waals surface area contributed by atoms with Crippen molar-refractivity contribution in [3.05, 3.63) is 12.4 Å². The number of amides is 1. The van der Waals surface area contributed by atoms with Gasteiger partial charge in [-0.05, 0) is 12.8 Å². The van der Waals surface area contributed by atoms with Gasteiger partial charge in [0, 0.05) is 39.0 Å². The first-order valence-electron chi connectivity index (χ1n) is 8.11. The Kier molecular flexibility index (Phi) is 4.80. The van der Waals surface area contributed by atoms with Crippen LogP contribution in [0.1, 0.15) is 19.3 Å². The monoisotopic (exact) mass is 409 g/mol. The molecular weight excluding hydrogens is 391 g/mol. The number of carbonyl (C=O) groups excluding carboxylic acids is 1. The molecule has 3 heterocycles. The molecule has 0 unspecified atom stereocenters. The molecule has 0 saturated carbocycles. The maximum Gasteiger partial charge on any atom is 0.438 e. The molecule has 1 aromatic heterocycles. The van der Waals surface area contributed by atoms with Crippen LogP contribution in [0.15, 0.2) is 22.4 Å². The average molecular weight is 409 g/mol. The smallest absolute Gasteiger partial charge is 0.362 e. The Balaban J connectivity index is 1.80. The van der Waals surface area contributed by atoms with Gasteiger partial charge in [-0.2, -0.15) is 32.7 Å². The maximum absolute atomic E-state index is 13.2. The summed E-state index contributed by atoms with van der Waals surface area (Å²) in [5.41, 5.74) is -3.41. The summed E-state index contributed by atoms with van der Waals surface area (Å²) in [6.45, 7) is -0.163. The molecule has 1 aromatic rings. The summed E-state index contributed by atoms with van der Waals surface area (Å²) in [4.78, 5) is 12.5. The Hall–Kier alpha value is -1.99. The number of carbonyl (C=O) groups is 1. The number of piperidine rings is 1. The van der Waals surface area contributed by atoms with E-state index in [1.165, 1.54) is 10.9 Å². The van der Waals surface area contributed by atoms with Crippen LogP contribution >= 0.6 is 0 Å². The zero-order chi connectivity index (χ0) is 20.0. The van der Waals surface area contributed by atoms with Crippen molar-refractivity contribution in [2.24, 2.45) is 18.1 Å². The van der Waals surface area contributed by atoms with Crippen LogP contribution in [0.3, 0.4) is 0 Å². The summed E-state index contributed by atoms with van der Waals surface area (Å²) in [6.07, 6.45) is -2.20. The lowest BCUT2D eigenvalue weighted by Crippen LogP contribution is -2.58. The van der Waals surface area contributed by atoms with Gasteiger partial charge in [-0.1, -0.05) is 0 Å². The predicted octanol–water partition coefficient (Wildman–Crippen LogP) is 0.290. The molecule has 9 nitrogen and oxygen atoms in total. The summed E-state index contributed by atoms with van der Waals surface area (Å²) < 4.78 is 67.2. The van der Waals surface area contributed by atoms with Crippen molar-refractivity contribution in [3.63, 3.8) is 0 Å². The normalized spacial score (nSPS) is 27.3. The Labute approximate surface area is 153 Å². The van der Waals surface area contributed by atoms with Crippen LogP contribution < -0.4 is 0 Å². The number of hydrogen-bond donors (Lipinski definition) is 1. The molecule has 1 saturated heterocycles. The van der Waals surface area contributed by atoms with Gasteiger partial charge in [0.25, 0.3) is 5.72 Å². The van der Waals surface area contributed by atoms with Gasteiger partial charge < -0.3 is 5.11 Å². The largest absolute Gasteiger partial charge is 0.438 e. The molecule has 0 radical (unpaired) electrons. The number of hydrazone groups is 1. The van der Waals surface area contributed by atoms with Crippen molar-refractivity contribution in [1.29, 1.82) is 0 Å². The van der Waals surface area contributed by atoms with Crippen molar-refractivity contribution in [2.75, 3.05) is 13.1 Å². The van der Waals surface area contributed by atoms with Crippen molar-refractivity contribution in [1.82, 2.24) is 19.1 Å². The van der Waals surface area contributed by atoms with E-state index in [9.17, 15) is 31.5 Å². The van der Waals surface area contributed by atoms with Crippen LogP contribution in [0.4, 0.5) is 13.2 Å². The lowest BCUT2D eigenvalue weighted by atomic mass is 9.97. The van der Waals surface area contributed by atoms with E-state index >= 15 is 0 Å². The fourth-order valence-electron chi connectivity index (χ4n) is 3.12. The lowest BCUT2D eigenvalue weighted by molar-refractivity contribution is -0.303. The highest BCUT2D eigenvalue weighted by Gasteiger charge is 2.62. The van der Waals surface area contributed by atoms with Gasteiger partial charge in [0.2, 0.25) is 15.9 Å². The average Bonchev–Trinajstić information content (AvgIpc) is 3.21. The summed E-state index contributed by atoms with van der Waals surface area (Å²) >= 11 is 0. The molecule has 1 N–H and O–H groups in total. The third kappa shape index (κ3) is 3.34. The van der Waals surface area contributed by atoms with E-state index in [-0.39, 0.29) is 35.8 Å². The van der Waals surface area contributed by atoms with Crippen molar-refractivity contribution in [3.8, 4) is 0 Å². The number of aryl methyl sites for hydroxylation is 1. The molecule has 13 heteroatoms. The Morgan fingerprint density at radius 2 is 2.11 bits per heavy atom. The number of aliphatic hydroxyl groups is 1. The minimum Gasteiger partial charge on any atom is -0.362 e. The molecule has 0 aromatic carbocycles. The Morgan fingerprint density at radius 3 is 2.70 bits per heavy atom. The summed E-state index contributed by atoms with van der Waals surface area (Å²) in [5.74, 6) is -2.11. The van der Waals surface area contributed by atoms with Crippen molar-refractivity contribution in [2.45, 2.75) is 36.1 Å². The second kappa shape index (κ2) is 6.56. The van der Waals surface area contributed by atoms with Gasteiger partial charge in [-0.3, -0.25) is 9.48 Å². The van der Waals surface area contributed by atoms with E-state index in [1.54, 1.807) is 7.05 Å². The molecule has 0 aliphatic carbocycles. The maximum atomic E-state index is 13.2. The van der Waals surface area contributed by atoms with Crippen LogP contribution in [0.2, 0.25) is 0 Å². The minimum atomic E-state index is -5.09. The molecule has 1 fully saturated rings. The van der Waals surface area contributed by atoms with Crippen LogP contribution in [-0.2, 0) is 21.9 Å². The first-order valence-corrected chi connectivity index (χ1v) is 9.55. The summed E-state index contributed by atoms with van der Waals surface area (Å²) in [5, 5.41) is 17.1. The molecule has 2 aliphatic heterocycles. The highest BCUT2D eigenvalue weighted by Crippen LogP contribution is 2.40. The van der Waals surface area contributed by atoms with E-state index in [2.05, 4.69) is 10.2 Å². The van der Waals surface area contributed by atoms with Gasteiger partial charge in [-0.25, -0.2) is 8.42 Å². The highest BCUT2D eigenvalue weighted by molar-refractivity contribution is 7.89. The van der Waals surface area contributed by atoms with Crippen molar-refractivity contribution >= 4 is 22.1 Å². The molecule has 3 rings (SSSR count). The van der Waals surface area contributed by atoms with Crippen LogP contribution in [0.25, 0.3) is 0 Å². The molecule has 1 amide bonds. The second-order valence-corrected chi connectivity index (χ2v) is 8.46. The molecule has 150 valence electrons. The molecule has 2 atom stereocenters. The minimum absolute atomic E-state index is 0.0257. The highest BCUT2D eigenvalue weighted by atomic mass is 32.2. The first kappa shape index (κ1) is 19.8. The molecule has 2 aliphatic rings. The number of hydrogen-bond acceptors (Lipinski definition) is 6. The third-order valence-corrected chi connectivity index (χ3v) is 6.46. The lowest BCUT2D eigenvalue weighted by Gasteiger charge is -2.37. The van der Waals surface area contributed by atoms with Gasteiger partial charge >= 0.3 is 6.18 Å². The van der Waals surface area contributed by atoms with E-state index in [1.807, 2.05) is 0 Å². The van der Waals surface area contributed by atoms with E-state index in [0.29, 0.717) is 0 Å². The van der Waals surface area contributed by atoms with Crippen LogP contribution in [0.5, 0.6) is 0 Å². The number of nitrogens with zero attached hydrogens (tertiary/aromatic N) is 5. The molecule has 0 bridgehead atoms. The van der Waals surface area contributed by atoms with Gasteiger partial charge in [-0.15, -0.1) is 0 Å². The number of rotatable bonds is 3. The number of halogens is 3. The standard InChI is InChI=1S/C14H18F3N5O4S/c1-20-9-11(7-19-20)27(25,26)21-6-2-3-10(8-21)12(23)22-13(24,4-5-18-22)14(15,16)17/h5,7,9-10,24H,2-4,6,8H2,1H3/t10-,13+/m1/s1. The zero-order valence-electron chi connectivity index (χ0n) is 14.3. The fraction of sp³-hybridized carbons (Fsp3) is 0.643. The van der Waals surface area contributed by atoms with E-state index < -0.39 is 40.2 Å². The Bertz CT molecular complexity index is 868. The predicted molar refractivity (Wildman–Crippen MR) is 85.7 cm³/mol. The Morgan fingerprint density at radius 1 is 1.41 bits per heavy atom.